The smallest absolute Gasteiger partial charge is 0.162 e. The Morgan fingerprint density at radius 3 is 1.10 bits per heavy atom. The van der Waals surface area contributed by atoms with E-state index in [1.807, 2.05) is 37.3 Å². The molecule has 146 valence electrons. The lowest BCUT2D eigenvalue weighted by Gasteiger charge is -2.18. The molecule has 0 heterocycles. The van der Waals surface area contributed by atoms with Gasteiger partial charge in [0.05, 0.1) is 0 Å². The second-order valence-electron chi connectivity index (χ2n) is 7.20. The third kappa shape index (κ3) is 4.16. The van der Waals surface area contributed by atoms with E-state index in [9.17, 15) is 4.79 Å². The molecule has 0 saturated heterocycles. The maximum absolute atomic E-state index is 12.1. The zero-order valence-corrected chi connectivity index (χ0v) is 17.1. The zero-order chi connectivity index (χ0) is 20.8. The molecule has 4 rings (SSSR count). The van der Waals surface area contributed by atoms with Gasteiger partial charge >= 0.3 is 0 Å². The van der Waals surface area contributed by atoms with E-state index >= 15 is 0 Å². The van der Waals surface area contributed by atoms with Crippen LogP contribution in [0.25, 0.3) is 11.1 Å². The summed E-state index contributed by atoms with van der Waals surface area (Å²) in [7, 11) is 0. The highest BCUT2D eigenvalue weighted by Gasteiger charge is 2.16. The first-order chi connectivity index (χ1) is 14.8. The largest absolute Gasteiger partial charge is 0.294 e. The fourth-order valence-electron chi connectivity index (χ4n) is 3.75. The van der Waals surface area contributed by atoms with E-state index in [2.05, 4.69) is 84.9 Å². The Bertz CT molecular complexity index is 1100. The fraction of sp³-hybridized carbons (Fsp3) is 0.0690. The molecule has 1 nitrogen and oxygen atoms in total. The van der Waals surface area contributed by atoms with Crippen molar-refractivity contribution < 1.29 is 4.79 Å². The van der Waals surface area contributed by atoms with Gasteiger partial charge < -0.3 is 0 Å². The van der Waals surface area contributed by atoms with Crippen molar-refractivity contribution in [2.24, 2.45) is 0 Å². The van der Waals surface area contributed by atoms with Crippen LogP contribution in [0.3, 0.4) is 0 Å². The van der Waals surface area contributed by atoms with E-state index in [-0.39, 0.29) is 5.78 Å². The number of carbonyl (C=O) groups is 1. The molecule has 0 aliphatic rings. The van der Waals surface area contributed by atoms with Crippen molar-refractivity contribution in [2.75, 3.05) is 0 Å². The Hall–Kier alpha value is -3.71. The number of ketones is 1. The minimum atomic E-state index is 0.165. The van der Waals surface area contributed by atoms with Crippen LogP contribution in [0, 0.1) is 0 Å². The maximum atomic E-state index is 12.1. The van der Waals surface area contributed by atoms with Gasteiger partial charge in [-0.1, -0.05) is 122 Å². The summed E-state index contributed by atoms with van der Waals surface area (Å²) in [4.78, 5) is 12.1. The average Bonchev–Trinajstić information content (AvgIpc) is 2.84. The number of hydrogen-bond donors (Lipinski definition) is 0. The summed E-state index contributed by atoms with van der Waals surface area (Å²) >= 11 is 0. The van der Waals surface area contributed by atoms with Gasteiger partial charge in [0, 0.05) is 12.0 Å². The Morgan fingerprint density at radius 2 is 0.767 bits per heavy atom. The number of rotatable bonds is 6. The summed E-state index contributed by atoms with van der Waals surface area (Å²) in [6, 6.07) is 39.5. The van der Waals surface area contributed by atoms with Gasteiger partial charge in [-0.25, -0.2) is 0 Å². The van der Waals surface area contributed by atoms with Crippen LogP contribution >= 0.6 is 0 Å². The first kappa shape index (κ1) is 19.6. The number of Topliss-reactive ketones (excluding diaryl/α,β-unsaturated/α-hetero) is 1. The van der Waals surface area contributed by atoms with E-state index in [1.165, 1.54) is 5.57 Å². The quantitative estimate of drug-likeness (QED) is 0.250. The molecule has 0 N–H and O–H groups in total. The molecule has 4 aromatic rings. The van der Waals surface area contributed by atoms with Crippen molar-refractivity contribution in [2.45, 2.75) is 13.3 Å². The summed E-state index contributed by atoms with van der Waals surface area (Å²) in [6.07, 6.45) is 0.514. The molecule has 0 unspecified atom stereocenters. The highest BCUT2D eigenvalue weighted by atomic mass is 16.1. The number of hydrogen-bond acceptors (Lipinski definition) is 1. The lowest BCUT2D eigenvalue weighted by atomic mass is 9.85. The second-order valence-corrected chi connectivity index (χ2v) is 7.20. The molecule has 0 aliphatic carbocycles. The normalized spacial score (nSPS) is 10.4. The van der Waals surface area contributed by atoms with Gasteiger partial charge in [0.2, 0.25) is 0 Å². The van der Waals surface area contributed by atoms with Crippen molar-refractivity contribution in [3.05, 3.63) is 143 Å². The molecule has 4 aromatic carbocycles. The third-order valence-electron chi connectivity index (χ3n) is 5.25. The second kappa shape index (κ2) is 9.19. The standard InChI is InChI=1S/C29H24O/c1-2-27(30)22-18-20-26(21-19-22)29(25-16-10-5-11-17-25)28(23-12-6-3-7-13-23)24-14-8-4-9-15-24/h3-21H,2H2,1H3. The SMILES string of the molecule is CCC(=O)c1ccc(C(=C(c2ccccc2)c2ccccc2)c2ccccc2)cc1. The van der Waals surface area contributed by atoms with Gasteiger partial charge in [-0.3, -0.25) is 4.79 Å². The number of benzene rings is 4. The molecule has 0 aromatic heterocycles. The Morgan fingerprint density at radius 1 is 0.467 bits per heavy atom. The van der Waals surface area contributed by atoms with Crippen molar-refractivity contribution in [3.8, 4) is 0 Å². The molecule has 0 spiro atoms. The first-order valence-corrected chi connectivity index (χ1v) is 10.3. The van der Waals surface area contributed by atoms with Crippen molar-refractivity contribution in [1.82, 2.24) is 0 Å². The van der Waals surface area contributed by atoms with Crippen LogP contribution in [0.4, 0.5) is 0 Å². The van der Waals surface area contributed by atoms with E-state index < -0.39 is 0 Å². The Labute approximate surface area is 178 Å². The van der Waals surface area contributed by atoms with Gasteiger partial charge in [-0.05, 0) is 33.4 Å². The molecule has 0 radical (unpaired) electrons. The van der Waals surface area contributed by atoms with E-state index in [0.29, 0.717) is 6.42 Å². The molecule has 0 bridgehead atoms. The summed E-state index contributed by atoms with van der Waals surface area (Å²) in [5.41, 5.74) is 7.66. The Balaban J connectivity index is 2.01. The molecule has 0 saturated carbocycles. The van der Waals surface area contributed by atoms with Gasteiger partial charge in [0.15, 0.2) is 5.78 Å². The first-order valence-electron chi connectivity index (χ1n) is 10.3. The van der Waals surface area contributed by atoms with Crippen molar-refractivity contribution in [3.63, 3.8) is 0 Å². The predicted molar refractivity (Wildman–Crippen MR) is 125 cm³/mol. The Kier molecular flexibility index (Phi) is 6.01. The van der Waals surface area contributed by atoms with Crippen LogP contribution in [0.15, 0.2) is 115 Å². The average molecular weight is 389 g/mol. The van der Waals surface area contributed by atoms with Gasteiger partial charge in [0.1, 0.15) is 0 Å². The van der Waals surface area contributed by atoms with Crippen LogP contribution in [0.5, 0.6) is 0 Å². The molecule has 0 atom stereocenters. The molecular weight excluding hydrogens is 364 g/mol. The predicted octanol–water partition coefficient (Wildman–Crippen LogP) is 7.29. The summed E-state index contributed by atoms with van der Waals surface area (Å²) in [5, 5.41) is 0. The maximum Gasteiger partial charge on any atom is 0.162 e. The van der Waals surface area contributed by atoms with Crippen LogP contribution in [-0.2, 0) is 0 Å². The fourth-order valence-corrected chi connectivity index (χ4v) is 3.75. The zero-order valence-electron chi connectivity index (χ0n) is 17.1. The van der Waals surface area contributed by atoms with Crippen molar-refractivity contribution in [1.29, 1.82) is 0 Å². The van der Waals surface area contributed by atoms with Crippen LogP contribution in [0.1, 0.15) is 46.0 Å². The topological polar surface area (TPSA) is 17.1 Å². The summed E-state index contributed by atoms with van der Waals surface area (Å²) < 4.78 is 0. The summed E-state index contributed by atoms with van der Waals surface area (Å²) in [5.74, 6) is 0.165. The van der Waals surface area contributed by atoms with Crippen LogP contribution in [0.2, 0.25) is 0 Å². The lowest BCUT2D eigenvalue weighted by Crippen LogP contribution is -1.99. The van der Waals surface area contributed by atoms with Gasteiger partial charge in [-0.2, -0.15) is 0 Å². The number of carbonyl (C=O) groups excluding carboxylic acids is 1. The highest BCUT2D eigenvalue weighted by Crippen LogP contribution is 2.36. The lowest BCUT2D eigenvalue weighted by molar-refractivity contribution is 0.0988. The monoisotopic (exact) mass is 388 g/mol. The molecule has 1 heteroatoms. The summed E-state index contributed by atoms with van der Waals surface area (Å²) in [6.45, 7) is 1.90. The third-order valence-corrected chi connectivity index (χ3v) is 5.25. The van der Waals surface area contributed by atoms with Crippen molar-refractivity contribution >= 4 is 16.9 Å². The molecule has 30 heavy (non-hydrogen) atoms. The molecular formula is C29H24O. The molecule has 0 aliphatic heterocycles. The van der Waals surface area contributed by atoms with Crippen LogP contribution < -0.4 is 0 Å². The van der Waals surface area contributed by atoms with E-state index in [1.54, 1.807) is 0 Å². The van der Waals surface area contributed by atoms with Gasteiger partial charge in [0.25, 0.3) is 0 Å². The molecule has 0 amide bonds. The highest BCUT2D eigenvalue weighted by molar-refractivity contribution is 6.05. The molecule has 0 fully saturated rings. The minimum Gasteiger partial charge on any atom is -0.294 e. The minimum absolute atomic E-state index is 0.165. The van der Waals surface area contributed by atoms with Crippen LogP contribution in [-0.4, -0.2) is 5.78 Å². The van der Waals surface area contributed by atoms with Gasteiger partial charge in [-0.15, -0.1) is 0 Å². The van der Waals surface area contributed by atoms with E-state index in [0.717, 1.165) is 33.4 Å². The van der Waals surface area contributed by atoms with E-state index in [4.69, 9.17) is 0 Å².